The van der Waals surface area contributed by atoms with Crippen molar-refractivity contribution in [2.75, 3.05) is 7.11 Å². The number of halogens is 1. The van der Waals surface area contributed by atoms with Gasteiger partial charge in [0, 0.05) is 23.6 Å². The summed E-state index contributed by atoms with van der Waals surface area (Å²) in [5.74, 6) is 0.881. The number of pyridine rings is 2. The highest BCUT2D eigenvalue weighted by molar-refractivity contribution is 5.88. The van der Waals surface area contributed by atoms with E-state index in [0.717, 1.165) is 5.75 Å². The van der Waals surface area contributed by atoms with Crippen molar-refractivity contribution in [2.24, 2.45) is 0 Å². The van der Waals surface area contributed by atoms with E-state index in [1.165, 1.54) is 27.4 Å². The predicted molar refractivity (Wildman–Crippen MR) is 89.1 cm³/mol. The van der Waals surface area contributed by atoms with E-state index < -0.39 is 10.2 Å². The first-order chi connectivity index (χ1) is 12.8. The Morgan fingerprint density at radius 2 is 1.44 bits per heavy atom. The molecule has 0 saturated heterocycles. The molecule has 0 bridgehead atoms. The monoisotopic (exact) mass is 385 g/mol. The van der Waals surface area contributed by atoms with Crippen LogP contribution < -0.4 is 27.8 Å². The van der Waals surface area contributed by atoms with Gasteiger partial charge in [-0.15, -0.1) is 10.2 Å². The van der Waals surface area contributed by atoms with Crippen molar-refractivity contribution in [1.29, 1.82) is 0 Å². The van der Waals surface area contributed by atoms with Crippen LogP contribution in [0.1, 0.15) is 0 Å². The maximum Gasteiger partial charge on any atom is 0.211 e. The van der Waals surface area contributed by atoms with Crippen molar-refractivity contribution in [2.45, 2.75) is 0 Å². The summed E-state index contributed by atoms with van der Waals surface area (Å²) in [5, 5.41) is 2.49. The maximum atomic E-state index is 8.49. The molecule has 7 heteroatoms. The average molecular weight is 386 g/mol. The number of aromatic nitrogens is 1. The number of hydrogen-bond donors (Lipinski definition) is 0. The summed E-state index contributed by atoms with van der Waals surface area (Å²) in [6.45, 7) is 0. The van der Waals surface area contributed by atoms with E-state index in [9.17, 15) is 0 Å². The zero-order valence-electron chi connectivity index (χ0n) is 14.4. The minimum Gasteiger partial charge on any atom is -0.497 e. The molecule has 0 aliphatic carbocycles. The average Bonchev–Trinajstić information content (AvgIpc) is 2.64. The lowest BCUT2D eigenvalue weighted by molar-refractivity contribution is -2.00. The van der Waals surface area contributed by atoms with Crippen LogP contribution in [0, 0.1) is 10.2 Å². The SMILES string of the molecule is COc1ccc(-c2ccc3c[n+]4ccccc4cc3c2)cc1.[O-][Cl+3]([O-])([O-])[O-]. The Balaban J connectivity index is 0.000000376. The molecule has 0 N–H and O–H groups in total. The molecule has 0 atom stereocenters. The molecule has 0 unspecified atom stereocenters. The van der Waals surface area contributed by atoms with E-state index in [1.807, 2.05) is 18.2 Å². The molecular formula is C20H16ClNO5. The van der Waals surface area contributed by atoms with Gasteiger partial charge in [0.15, 0.2) is 12.4 Å². The Bertz CT molecular complexity index is 1060. The Hall–Kier alpha value is -2.74. The fourth-order valence-electron chi connectivity index (χ4n) is 2.80. The molecule has 0 aliphatic rings. The Kier molecular flexibility index (Phi) is 5.55. The molecule has 2 aromatic carbocycles. The summed E-state index contributed by atoms with van der Waals surface area (Å²) in [4.78, 5) is 0. The quantitative estimate of drug-likeness (QED) is 0.341. The fourth-order valence-corrected chi connectivity index (χ4v) is 2.80. The van der Waals surface area contributed by atoms with Gasteiger partial charge in [0.1, 0.15) is 5.75 Å². The van der Waals surface area contributed by atoms with Crippen molar-refractivity contribution in [3.05, 3.63) is 79.1 Å². The van der Waals surface area contributed by atoms with Gasteiger partial charge in [-0.2, -0.15) is 4.40 Å². The Morgan fingerprint density at radius 1 is 0.778 bits per heavy atom. The Labute approximate surface area is 157 Å². The third-order valence-corrected chi connectivity index (χ3v) is 4.01. The topological polar surface area (TPSA) is 106 Å². The normalized spacial score (nSPS) is 11.1. The molecule has 4 aromatic rings. The highest BCUT2D eigenvalue weighted by Crippen LogP contribution is 2.26. The van der Waals surface area contributed by atoms with Gasteiger partial charge in [0.05, 0.1) is 7.11 Å². The van der Waals surface area contributed by atoms with Gasteiger partial charge in [-0.3, -0.25) is 0 Å². The van der Waals surface area contributed by atoms with Crippen molar-refractivity contribution in [3.63, 3.8) is 0 Å². The number of benzene rings is 2. The van der Waals surface area contributed by atoms with Crippen molar-refractivity contribution >= 4 is 16.3 Å². The third kappa shape index (κ3) is 5.13. The second kappa shape index (κ2) is 7.87. The van der Waals surface area contributed by atoms with Crippen LogP contribution in [-0.4, -0.2) is 7.11 Å². The molecule has 4 rings (SSSR count). The number of ether oxygens (including phenoxy) is 1. The molecule has 0 radical (unpaired) electrons. The second-order valence-electron chi connectivity index (χ2n) is 5.76. The number of rotatable bonds is 2. The molecule has 0 aliphatic heterocycles. The molecule has 6 nitrogen and oxygen atoms in total. The van der Waals surface area contributed by atoms with Crippen LogP contribution in [0.5, 0.6) is 5.75 Å². The summed E-state index contributed by atoms with van der Waals surface area (Å²) < 4.78 is 41.3. The van der Waals surface area contributed by atoms with Crippen molar-refractivity contribution in [3.8, 4) is 16.9 Å². The Morgan fingerprint density at radius 3 is 2.11 bits per heavy atom. The second-order valence-corrected chi connectivity index (χ2v) is 6.51. The van der Waals surface area contributed by atoms with Crippen LogP contribution in [0.3, 0.4) is 0 Å². The number of nitrogens with zero attached hydrogens (tertiary/aromatic N) is 1. The first-order valence-electron chi connectivity index (χ1n) is 7.93. The largest absolute Gasteiger partial charge is 0.497 e. The summed E-state index contributed by atoms with van der Waals surface area (Å²) in [7, 11) is -3.26. The van der Waals surface area contributed by atoms with Gasteiger partial charge in [-0.25, -0.2) is 18.6 Å². The van der Waals surface area contributed by atoms with E-state index in [2.05, 4.69) is 65.3 Å². The van der Waals surface area contributed by atoms with Crippen LogP contribution in [-0.2, 0) is 0 Å². The molecule has 0 saturated carbocycles. The summed E-state index contributed by atoms with van der Waals surface area (Å²) >= 11 is 0. The molecular weight excluding hydrogens is 370 g/mol. The van der Waals surface area contributed by atoms with Gasteiger partial charge in [0.2, 0.25) is 5.52 Å². The minimum atomic E-state index is -4.94. The first-order valence-corrected chi connectivity index (χ1v) is 9.17. The van der Waals surface area contributed by atoms with E-state index in [1.54, 1.807) is 7.11 Å². The summed E-state index contributed by atoms with van der Waals surface area (Å²) in [5.41, 5.74) is 3.61. The highest BCUT2D eigenvalue weighted by atomic mass is 35.7. The first kappa shape index (κ1) is 19.0. The lowest BCUT2D eigenvalue weighted by atomic mass is 10.0. The standard InChI is InChI=1S/C20H16NO.ClHO4/c1-22-20-9-7-15(8-10-20)16-5-6-17-14-21-11-3-2-4-19(21)13-18(17)12-16;2-1(3,4)5/h2-14H,1H3;(H,2,3,4,5)/q+1;/p-1. The van der Waals surface area contributed by atoms with Gasteiger partial charge >= 0.3 is 0 Å². The zero-order valence-corrected chi connectivity index (χ0v) is 15.1. The third-order valence-electron chi connectivity index (χ3n) is 4.01. The van der Waals surface area contributed by atoms with E-state index in [4.69, 9.17) is 23.4 Å². The molecule has 2 heterocycles. The van der Waals surface area contributed by atoms with E-state index in [-0.39, 0.29) is 0 Å². The van der Waals surface area contributed by atoms with Gasteiger partial charge < -0.3 is 4.74 Å². The smallest absolute Gasteiger partial charge is 0.211 e. The minimum absolute atomic E-state index is 0.881. The van der Waals surface area contributed by atoms with Crippen LogP contribution in [0.25, 0.3) is 27.4 Å². The van der Waals surface area contributed by atoms with Crippen molar-refractivity contribution < 1.29 is 38.0 Å². The van der Waals surface area contributed by atoms with Crippen LogP contribution in [0.2, 0.25) is 0 Å². The zero-order chi connectivity index (χ0) is 19.4. The lowest BCUT2D eigenvalue weighted by Crippen LogP contribution is -2.68. The molecule has 0 spiro atoms. The molecule has 27 heavy (non-hydrogen) atoms. The highest BCUT2D eigenvalue weighted by Gasteiger charge is 2.06. The lowest BCUT2D eigenvalue weighted by Gasteiger charge is -2.17. The van der Waals surface area contributed by atoms with Gasteiger partial charge in [-0.05, 0) is 46.8 Å². The number of fused-ring (bicyclic) bond motifs is 2. The van der Waals surface area contributed by atoms with Crippen molar-refractivity contribution in [1.82, 2.24) is 0 Å². The molecule has 2 aromatic heterocycles. The fraction of sp³-hybridized carbons (Fsp3) is 0.0500. The van der Waals surface area contributed by atoms with Gasteiger partial charge in [-0.1, -0.05) is 18.2 Å². The van der Waals surface area contributed by atoms with Crippen LogP contribution in [0.15, 0.2) is 79.1 Å². The molecule has 138 valence electrons. The van der Waals surface area contributed by atoms with Crippen LogP contribution in [0.4, 0.5) is 0 Å². The number of methoxy groups -OCH3 is 1. The number of hydrogen-bond acceptors (Lipinski definition) is 5. The van der Waals surface area contributed by atoms with E-state index in [0.29, 0.717) is 0 Å². The van der Waals surface area contributed by atoms with Gasteiger partial charge in [0.25, 0.3) is 0 Å². The maximum absolute atomic E-state index is 8.49. The molecule has 0 fully saturated rings. The summed E-state index contributed by atoms with van der Waals surface area (Å²) in [6, 6.07) is 23.2. The predicted octanol–water partition coefficient (Wildman–Crippen LogP) is -0.502. The summed E-state index contributed by atoms with van der Waals surface area (Å²) in [6.07, 6.45) is 4.24. The van der Waals surface area contributed by atoms with Crippen LogP contribution >= 0.6 is 0 Å². The molecule has 0 amide bonds. The van der Waals surface area contributed by atoms with E-state index >= 15 is 0 Å².